The Labute approximate surface area is 160 Å². The number of nitrogens with one attached hydrogen (secondary N) is 3. The topological polar surface area (TPSA) is 107 Å². The number of hydrogen-bond acceptors (Lipinski definition) is 3. The van der Waals surface area contributed by atoms with E-state index >= 15 is 0 Å². The number of urea groups is 1. The number of hydrogen-bond donors (Lipinski definition) is 4. The van der Waals surface area contributed by atoms with Gasteiger partial charge in [-0.15, -0.1) is 0 Å². The van der Waals surface area contributed by atoms with Gasteiger partial charge in [0.05, 0.1) is 5.56 Å². The Bertz CT molecular complexity index is 1170. The van der Waals surface area contributed by atoms with Gasteiger partial charge in [0.15, 0.2) is 0 Å². The molecule has 4 N–H and O–H groups in total. The van der Waals surface area contributed by atoms with Gasteiger partial charge in [-0.2, -0.15) is 0 Å². The molecule has 0 aliphatic rings. The molecule has 0 unspecified atom stereocenters. The number of carbonyl (C=O) groups excluding carboxylic acids is 1. The second-order valence-corrected chi connectivity index (χ2v) is 6.14. The van der Waals surface area contributed by atoms with Crippen molar-refractivity contribution in [3.05, 3.63) is 78.6 Å². The van der Waals surface area contributed by atoms with Crippen LogP contribution in [0.3, 0.4) is 0 Å². The summed E-state index contributed by atoms with van der Waals surface area (Å²) < 4.78 is 0. The Morgan fingerprint density at radius 3 is 2.50 bits per heavy atom. The van der Waals surface area contributed by atoms with Gasteiger partial charge in [0.25, 0.3) is 0 Å². The summed E-state index contributed by atoms with van der Waals surface area (Å²) in [6.07, 6.45) is 3.60. The number of pyridine rings is 1. The molecule has 2 aromatic carbocycles. The number of fused-ring (bicyclic) bond motifs is 1. The van der Waals surface area contributed by atoms with Crippen molar-refractivity contribution in [2.75, 3.05) is 10.6 Å². The number of rotatable bonds is 4. The molecule has 0 radical (unpaired) electrons. The highest BCUT2D eigenvalue weighted by atomic mass is 16.4. The van der Waals surface area contributed by atoms with E-state index in [4.69, 9.17) is 5.11 Å². The number of benzene rings is 2. The lowest BCUT2D eigenvalue weighted by molar-refractivity contribution is 0.0697. The summed E-state index contributed by atoms with van der Waals surface area (Å²) in [6.45, 7) is 0. The molecule has 2 amide bonds. The van der Waals surface area contributed by atoms with Gasteiger partial charge in [0.1, 0.15) is 5.65 Å². The van der Waals surface area contributed by atoms with Crippen molar-refractivity contribution < 1.29 is 14.7 Å². The number of aromatic amines is 1. The van der Waals surface area contributed by atoms with Crippen LogP contribution in [0.1, 0.15) is 10.4 Å². The Morgan fingerprint density at radius 1 is 0.929 bits per heavy atom. The van der Waals surface area contributed by atoms with Gasteiger partial charge in [-0.05, 0) is 53.6 Å². The van der Waals surface area contributed by atoms with Crippen molar-refractivity contribution in [3.63, 3.8) is 0 Å². The molecule has 0 fully saturated rings. The molecule has 0 bridgehead atoms. The third kappa shape index (κ3) is 3.54. The lowest BCUT2D eigenvalue weighted by atomic mass is 10.0. The van der Waals surface area contributed by atoms with Gasteiger partial charge >= 0.3 is 12.0 Å². The van der Waals surface area contributed by atoms with E-state index in [-0.39, 0.29) is 5.56 Å². The normalized spacial score (nSPS) is 10.6. The average molecular weight is 372 g/mol. The maximum Gasteiger partial charge on any atom is 0.335 e. The highest BCUT2D eigenvalue weighted by molar-refractivity contribution is 6.01. The van der Waals surface area contributed by atoms with Crippen LogP contribution in [0.2, 0.25) is 0 Å². The van der Waals surface area contributed by atoms with E-state index in [1.54, 1.807) is 18.3 Å². The van der Waals surface area contributed by atoms with Crippen LogP contribution in [0.15, 0.2) is 73.1 Å². The van der Waals surface area contributed by atoms with E-state index in [1.165, 1.54) is 12.1 Å². The van der Waals surface area contributed by atoms with Gasteiger partial charge in [-0.3, -0.25) is 0 Å². The van der Waals surface area contributed by atoms with Crippen molar-refractivity contribution in [2.24, 2.45) is 0 Å². The van der Waals surface area contributed by atoms with E-state index in [2.05, 4.69) is 20.6 Å². The zero-order valence-corrected chi connectivity index (χ0v) is 14.6. The van der Waals surface area contributed by atoms with E-state index in [1.807, 2.05) is 42.6 Å². The summed E-state index contributed by atoms with van der Waals surface area (Å²) in [5.74, 6) is -1.05. The molecular formula is C21H16N4O3. The van der Waals surface area contributed by atoms with Gasteiger partial charge in [0.2, 0.25) is 0 Å². The van der Waals surface area contributed by atoms with E-state index in [0.29, 0.717) is 11.4 Å². The van der Waals surface area contributed by atoms with Gasteiger partial charge in [0, 0.05) is 29.2 Å². The predicted molar refractivity (Wildman–Crippen MR) is 108 cm³/mol. The second kappa shape index (κ2) is 7.24. The van der Waals surface area contributed by atoms with Gasteiger partial charge < -0.3 is 20.7 Å². The molecule has 7 nitrogen and oxygen atoms in total. The molecule has 0 aliphatic heterocycles. The predicted octanol–water partition coefficient (Wildman–Crippen LogP) is 4.57. The number of anilines is 2. The summed E-state index contributed by atoms with van der Waals surface area (Å²) in [4.78, 5) is 30.6. The molecule has 0 aliphatic carbocycles. The van der Waals surface area contributed by atoms with Gasteiger partial charge in [-0.25, -0.2) is 14.6 Å². The minimum Gasteiger partial charge on any atom is -0.478 e. The van der Waals surface area contributed by atoms with Crippen molar-refractivity contribution in [3.8, 4) is 11.1 Å². The Hall–Kier alpha value is -4.13. The van der Waals surface area contributed by atoms with Crippen molar-refractivity contribution in [1.29, 1.82) is 0 Å². The first-order valence-electron chi connectivity index (χ1n) is 8.54. The quantitative estimate of drug-likeness (QED) is 0.421. The van der Waals surface area contributed by atoms with E-state index < -0.39 is 12.0 Å². The number of carboxylic acid groups (broad SMARTS) is 1. The lowest BCUT2D eigenvalue weighted by Gasteiger charge is -2.09. The van der Waals surface area contributed by atoms with Crippen LogP contribution in [0.25, 0.3) is 22.2 Å². The highest BCUT2D eigenvalue weighted by Gasteiger charge is 2.08. The smallest absolute Gasteiger partial charge is 0.335 e. The van der Waals surface area contributed by atoms with Crippen LogP contribution in [0.5, 0.6) is 0 Å². The summed E-state index contributed by atoms with van der Waals surface area (Å²) in [5, 5.41) is 15.4. The number of amides is 2. The fraction of sp³-hybridized carbons (Fsp3) is 0. The second-order valence-electron chi connectivity index (χ2n) is 6.14. The zero-order valence-electron chi connectivity index (χ0n) is 14.6. The zero-order chi connectivity index (χ0) is 19.5. The molecular weight excluding hydrogens is 356 g/mol. The molecule has 138 valence electrons. The van der Waals surface area contributed by atoms with Gasteiger partial charge in [-0.1, -0.05) is 18.2 Å². The lowest BCUT2D eigenvalue weighted by Crippen LogP contribution is -2.19. The fourth-order valence-electron chi connectivity index (χ4n) is 2.97. The molecule has 0 saturated carbocycles. The Balaban J connectivity index is 1.47. The van der Waals surface area contributed by atoms with Crippen LogP contribution in [0, 0.1) is 0 Å². The van der Waals surface area contributed by atoms with Crippen molar-refractivity contribution in [2.45, 2.75) is 0 Å². The number of aromatic carboxylic acids is 1. The molecule has 2 aromatic heterocycles. The van der Waals surface area contributed by atoms with Crippen molar-refractivity contribution >= 4 is 34.4 Å². The minimum absolute atomic E-state index is 0.107. The number of H-pyrrole nitrogens is 1. The number of carboxylic acids is 1. The maximum atomic E-state index is 12.2. The summed E-state index contributed by atoms with van der Waals surface area (Å²) in [6, 6.07) is 17.0. The monoisotopic (exact) mass is 372 g/mol. The largest absolute Gasteiger partial charge is 0.478 e. The standard InChI is InChI=1S/C21H16N4O3/c26-20(27)14-2-1-3-16(12-14)25-21(28)24-15-6-4-13(5-7-15)17-8-10-22-19-18(17)9-11-23-19/h1-12H,(H,22,23)(H,26,27)(H2,24,25,28). The summed E-state index contributed by atoms with van der Waals surface area (Å²) in [7, 11) is 0. The first-order chi connectivity index (χ1) is 13.6. The fourth-order valence-corrected chi connectivity index (χ4v) is 2.97. The first kappa shape index (κ1) is 17.3. The van der Waals surface area contributed by atoms with Crippen LogP contribution in [-0.2, 0) is 0 Å². The summed E-state index contributed by atoms with van der Waals surface area (Å²) >= 11 is 0. The molecule has 2 heterocycles. The summed E-state index contributed by atoms with van der Waals surface area (Å²) in [5.41, 5.74) is 4.01. The molecule has 0 spiro atoms. The number of carbonyl (C=O) groups is 2. The van der Waals surface area contributed by atoms with Crippen molar-refractivity contribution in [1.82, 2.24) is 9.97 Å². The molecule has 4 rings (SSSR count). The molecule has 0 atom stereocenters. The Kier molecular flexibility index (Phi) is 4.47. The van der Waals surface area contributed by atoms with E-state index in [0.717, 1.165) is 22.2 Å². The molecule has 7 heteroatoms. The third-order valence-electron chi connectivity index (χ3n) is 4.28. The minimum atomic E-state index is -1.05. The SMILES string of the molecule is O=C(Nc1ccc(-c2ccnc3[nH]ccc23)cc1)Nc1cccc(C(=O)O)c1. The van der Waals surface area contributed by atoms with Crippen LogP contribution < -0.4 is 10.6 Å². The van der Waals surface area contributed by atoms with E-state index in [9.17, 15) is 9.59 Å². The Morgan fingerprint density at radius 2 is 1.71 bits per heavy atom. The average Bonchev–Trinajstić information content (AvgIpc) is 3.17. The van der Waals surface area contributed by atoms with Crippen LogP contribution in [-0.4, -0.2) is 27.1 Å². The number of aromatic nitrogens is 2. The van der Waals surface area contributed by atoms with Crippen LogP contribution in [0.4, 0.5) is 16.2 Å². The molecule has 4 aromatic rings. The highest BCUT2D eigenvalue weighted by Crippen LogP contribution is 2.27. The third-order valence-corrected chi connectivity index (χ3v) is 4.28. The first-order valence-corrected chi connectivity index (χ1v) is 8.54. The molecule has 28 heavy (non-hydrogen) atoms. The molecule has 0 saturated heterocycles. The maximum absolute atomic E-state index is 12.2. The van der Waals surface area contributed by atoms with Crippen LogP contribution >= 0.6 is 0 Å². The number of nitrogens with zero attached hydrogens (tertiary/aromatic N) is 1.